The first-order chi connectivity index (χ1) is 12.5. The third kappa shape index (κ3) is 2.43. The van der Waals surface area contributed by atoms with Crippen LogP contribution in [0.2, 0.25) is 5.02 Å². The Kier molecular flexibility index (Phi) is 3.87. The summed E-state index contributed by atoms with van der Waals surface area (Å²) < 4.78 is 1.92. The number of aliphatic imine (C=N–C) groups is 1. The number of para-hydroxylation sites is 1. The summed E-state index contributed by atoms with van der Waals surface area (Å²) >= 11 is 6.47. The zero-order valence-corrected chi connectivity index (χ0v) is 14.9. The van der Waals surface area contributed by atoms with Crippen molar-refractivity contribution < 1.29 is 0 Å². The highest BCUT2D eigenvalue weighted by atomic mass is 35.5. The number of aromatic nitrogens is 3. The van der Waals surface area contributed by atoms with Crippen molar-refractivity contribution in [1.82, 2.24) is 14.8 Å². The molecule has 6 heteroatoms. The molecule has 0 radical (unpaired) electrons. The van der Waals surface area contributed by atoms with Crippen LogP contribution < -0.4 is 5.73 Å². The molecule has 1 aromatic heterocycles. The van der Waals surface area contributed by atoms with Crippen molar-refractivity contribution in [3.63, 3.8) is 0 Å². The van der Waals surface area contributed by atoms with E-state index in [1.165, 1.54) is 0 Å². The van der Waals surface area contributed by atoms with Crippen molar-refractivity contribution in [3.8, 4) is 18.0 Å². The number of nitrogens with two attached hydrogens (primary N) is 1. The van der Waals surface area contributed by atoms with Gasteiger partial charge in [0.2, 0.25) is 0 Å². The number of benzene rings is 2. The Morgan fingerprint density at radius 1 is 1.12 bits per heavy atom. The van der Waals surface area contributed by atoms with E-state index in [1.807, 2.05) is 60.0 Å². The lowest BCUT2D eigenvalue weighted by molar-refractivity contribution is 0.445. The molecule has 2 aromatic carbocycles. The molecule has 3 aromatic rings. The second-order valence-corrected chi connectivity index (χ2v) is 6.58. The van der Waals surface area contributed by atoms with E-state index in [0.717, 1.165) is 22.6 Å². The molecule has 2 N–H and O–H groups in total. The quantitative estimate of drug-likeness (QED) is 0.712. The van der Waals surface area contributed by atoms with Gasteiger partial charge >= 0.3 is 0 Å². The first-order valence-electron chi connectivity index (χ1n) is 8.14. The summed E-state index contributed by atoms with van der Waals surface area (Å²) in [4.78, 5) is 4.87. The maximum absolute atomic E-state index is 6.66. The van der Waals surface area contributed by atoms with Crippen LogP contribution in [0.4, 0.5) is 0 Å². The predicted molar refractivity (Wildman–Crippen MR) is 103 cm³/mol. The lowest BCUT2D eigenvalue weighted by Crippen LogP contribution is -2.37. The van der Waals surface area contributed by atoms with Crippen molar-refractivity contribution in [2.24, 2.45) is 10.7 Å². The molecule has 2 heterocycles. The largest absolute Gasteiger partial charge is 0.300 e. The van der Waals surface area contributed by atoms with Crippen LogP contribution >= 0.6 is 11.6 Å². The van der Waals surface area contributed by atoms with Gasteiger partial charge in [-0.2, -0.15) is 0 Å². The molecule has 1 aliphatic rings. The lowest BCUT2D eigenvalue weighted by Gasteiger charge is -2.21. The van der Waals surface area contributed by atoms with E-state index in [2.05, 4.69) is 16.1 Å². The summed E-state index contributed by atoms with van der Waals surface area (Å²) in [5.74, 6) is 3.86. The first-order valence-corrected chi connectivity index (χ1v) is 8.52. The molecule has 5 nitrogen and oxygen atoms in total. The minimum Gasteiger partial charge on any atom is -0.300 e. The minimum atomic E-state index is -1.20. The summed E-state index contributed by atoms with van der Waals surface area (Å²) in [6.07, 6.45) is 5.78. The van der Waals surface area contributed by atoms with Crippen molar-refractivity contribution >= 4 is 17.3 Å². The number of fused-ring (bicyclic) bond motifs is 3. The van der Waals surface area contributed by atoms with Crippen LogP contribution in [0.3, 0.4) is 0 Å². The van der Waals surface area contributed by atoms with E-state index < -0.39 is 5.66 Å². The van der Waals surface area contributed by atoms with Crippen molar-refractivity contribution in [2.45, 2.75) is 19.0 Å². The number of terminal acetylenes is 1. The van der Waals surface area contributed by atoms with Gasteiger partial charge in [0.25, 0.3) is 0 Å². The molecule has 0 saturated heterocycles. The average Bonchev–Trinajstić information content (AvgIpc) is 2.98. The van der Waals surface area contributed by atoms with Gasteiger partial charge in [0, 0.05) is 16.1 Å². The summed E-state index contributed by atoms with van der Waals surface area (Å²) in [6.45, 7) is 1.88. The highest BCUT2D eigenvalue weighted by Gasteiger charge is 2.37. The topological polar surface area (TPSA) is 69.1 Å². The number of rotatable bonds is 2. The molecule has 128 valence electrons. The normalized spacial score (nSPS) is 18.3. The Morgan fingerprint density at radius 3 is 2.54 bits per heavy atom. The first kappa shape index (κ1) is 16.5. The maximum atomic E-state index is 6.66. The molecule has 0 bridgehead atoms. The monoisotopic (exact) mass is 361 g/mol. The van der Waals surface area contributed by atoms with Gasteiger partial charge in [-0.1, -0.05) is 48.0 Å². The van der Waals surface area contributed by atoms with Gasteiger partial charge in [-0.3, -0.25) is 15.3 Å². The molecule has 0 fully saturated rings. The van der Waals surface area contributed by atoms with Crippen molar-refractivity contribution in [1.29, 1.82) is 0 Å². The number of halogens is 1. The highest BCUT2D eigenvalue weighted by molar-refractivity contribution is 6.35. The van der Waals surface area contributed by atoms with Crippen LogP contribution in [0.15, 0.2) is 53.5 Å². The van der Waals surface area contributed by atoms with Gasteiger partial charge in [0.1, 0.15) is 5.82 Å². The summed E-state index contributed by atoms with van der Waals surface area (Å²) in [5, 5.41) is 9.09. The predicted octanol–water partition coefficient (Wildman–Crippen LogP) is 3.21. The molecular weight excluding hydrogens is 346 g/mol. The van der Waals surface area contributed by atoms with E-state index in [1.54, 1.807) is 0 Å². The number of nitrogens with zero attached hydrogens (tertiary/aromatic N) is 4. The second kappa shape index (κ2) is 6.10. The van der Waals surface area contributed by atoms with Gasteiger partial charge in [-0.25, -0.2) is 0 Å². The van der Waals surface area contributed by atoms with Crippen LogP contribution in [0.5, 0.6) is 0 Å². The standard InChI is InChI=1S/C20H16ClN5/c1-3-12-20(22)19-25-24-13(2)26(19)17-11-7-5-9-15(17)18(23-20)14-8-4-6-10-16(14)21/h1,4-11H,12,22H2,2H3. The van der Waals surface area contributed by atoms with Crippen LogP contribution in [0.1, 0.15) is 29.2 Å². The van der Waals surface area contributed by atoms with E-state index in [9.17, 15) is 0 Å². The molecule has 4 rings (SSSR count). The fraction of sp³-hybridized carbons (Fsp3) is 0.150. The van der Waals surface area contributed by atoms with Crippen LogP contribution in [-0.4, -0.2) is 20.5 Å². The van der Waals surface area contributed by atoms with E-state index >= 15 is 0 Å². The van der Waals surface area contributed by atoms with Crippen LogP contribution in [0, 0.1) is 19.3 Å². The van der Waals surface area contributed by atoms with Crippen molar-refractivity contribution in [2.75, 3.05) is 0 Å². The lowest BCUT2D eigenvalue weighted by atomic mass is 10.00. The molecule has 0 amide bonds. The van der Waals surface area contributed by atoms with Crippen molar-refractivity contribution in [3.05, 3.63) is 76.3 Å². The summed E-state index contributed by atoms with van der Waals surface area (Å²) in [5.41, 5.74) is 8.73. The average molecular weight is 362 g/mol. The fourth-order valence-electron chi connectivity index (χ4n) is 3.24. The Balaban J connectivity index is 2.11. The third-order valence-electron chi connectivity index (χ3n) is 4.42. The molecule has 1 unspecified atom stereocenters. The number of hydrogen-bond donors (Lipinski definition) is 1. The van der Waals surface area contributed by atoms with E-state index in [4.69, 9.17) is 28.8 Å². The van der Waals surface area contributed by atoms with Gasteiger partial charge in [0.15, 0.2) is 11.5 Å². The Morgan fingerprint density at radius 2 is 1.81 bits per heavy atom. The van der Waals surface area contributed by atoms with Gasteiger partial charge in [-0.15, -0.1) is 22.5 Å². The summed E-state index contributed by atoms with van der Waals surface area (Å²) in [6, 6.07) is 15.4. The molecule has 0 aliphatic carbocycles. The third-order valence-corrected chi connectivity index (χ3v) is 4.75. The molecule has 26 heavy (non-hydrogen) atoms. The molecule has 1 aliphatic heterocycles. The maximum Gasteiger partial charge on any atom is 0.181 e. The fourth-order valence-corrected chi connectivity index (χ4v) is 3.47. The van der Waals surface area contributed by atoms with Gasteiger partial charge in [-0.05, 0) is 19.1 Å². The van der Waals surface area contributed by atoms with Gasteiger partial charge < -0.3 is 0 Å². The zero-order valence-electron chi connectivity index (χ0n) is 14.1. The highest BCUT2D eigenvalue weighted by Crippen LogP contribution is 2.34. The molecule has 0 spiro atoms. The Labute approximate surface area is 156 Å². The second-order valence-electron chi connectivity index (χ2n) is 6.17. The van der Waals surface area contributed by atoms with Crippen LogP contribution in [-0.2, 0) is 5.66 Å². The Hall–Kier alpha value is -2.94. The molecular formula is C20H16ClN5. The minimum absolute atomic E-state index is 0.188. The molecule has 0 saturated carbocycles. The Bertz CT molecular complexity index is 1080. The number of aryl methyl sites for hydroxylation is 1. The van der Waals surface area contributed by atoms with Crippen LogP contribution in [0.25, 0.3) is 5.69 Å². The van der Waals surface area contributed by atoms with Gasteiger partial charge in [0.05, 0.1) is 17.8 Å². The van der Waals surface area contributed by atoms with E-state index in [0.29, 0.717) is 16.6 Å². The molecule has 1 atom stereocenters. The van der Waals surface area contributed by atoms with E-state index in [-0.39, 0.29) is 6.42 Å². The zero-order chi connectivity index (χ0) is 18.3. The SMILES string of the molecule is C#CCC1(N)N=C(c2ccccc2Cl)c2ccccc2-n2c(C)nnc21. The number of hydrogen-bond acceptors (Lipinski definition) is 4. The smallest absolute Gasteiger partial charge is 0.181 e. The summed E-state index contributed by atoms with van der Waals surface area (Å²) in [7, 11) is 0.